The zero-order chi connectivity index (χ0) is 20.5. The van der Waals surface area contributed by atoms with Gasteiger partial charge in [-0.05, 0) is 45.5 Å². The van der Waals surface area contributed by atoms with E-state index in [0.29, 0.717) is 23.9 Å². The molecular formula is C20H28ClN3O3S. The third-order valence-electron chi connectivity index (χ3n) is 4.86. The molecule has 0 aromatic heterocycles. The summed E-state index contributed by atoms with van der Waals surface area (Å²) in [5.41, 5.74) is 0.310. The molecular weight excluding hydrogens is 398 g/mol. The first-order chi connectivity index (χ1) is 13.2. The highest BCUT2D eigenvalue weighted by Gasteiger charge is 2.45. The number of rotatable bonds is 2. The lowest BCUT2D eigenvalue weighted by molar-refractivity contribution is -0.137. The lowest BCUT2D eigenvalue weighted by atomic mass is 10.1. The summed E-state index contributed by atoms with van der Waals surface area (Å²) in [4.78, 5) is 32.0. The molecule has 2 atom stereocenters. The van der Waals surface area contributed by atoms with Crippen molar-refractivity contribution in [2.75, 3.05) is 39.0 Å². The van der Waals surface area contributed by atoms with Crippen molar-refractivity contribution in [1.29, 1.82) is 0 Å². The fraction of sp³-hybridized carbons (Fsp3) is 0.600. The number of hydrogen-bond donors (Lipinski definition) is 0. The Labute approximate surface area is 176 Å². The number of thioether (sulfide) groups is 1. The van der Waals surface area contributed by atoms with E-state index in [1.165, 1.54) is 0 Å². The summed E-state index contributed by atoms with van der Waals surface area (Å²) >= 11 is 7.61. The van der Waals surface area contributed by atoms with Crippen molar-refractivity contribution in [1.82, 2.24) is 14.7 Å². The quantitative estimate of drug-likeness (QED) is 0.726. The monoisotopic (exact) mass is 425 g/mol. The Hall–Kier alpha value is -1.44. The second-order valence-corrected chi connectivity index (χ2v) is 9.82. The Morgan fingerprint density at radius 2 is 1.71 bits per heavy atom. The van der Waals surface area contributed by atoms with Gasteiger partial charge in [0, 0.05) is 37.0 Å². The second kappa shape index (κ2) is 8.51. The van der Waals surface area contributed by atoms with Gasteiger partial charge in [-0.15, -0.1) is 11.8 Å². The molecule has 1 aromatic carbocycles. The number of likely N-dealkylation sites (N-methyl/N-ethyl adjacent to an activating group) is 1. The van der Waals surface area contributed by atoms with Crippen LogP contribution in [0.5, 0.6) is 0 Å². The number of carbonyl (C=O) groups is 2. The number of halogens is 1. The molecule has 6 nitrogen and oxygen atoms in total. The Morgan fingerprint density at radius 1 is 1.11 bits per heavy atom. The molecule has 3 rings (SSSR count). The van der Waals surface area contributed by atoms with Crippen LogP contribution in [-0.4, -0.2) is 77.3 Å². The van der Waals surface area contributed by atoms with E-state index in [4.69, 9.17) is 16.3 Å². The summed E-state index contributed by atoms with van der Waals surface area (Å²) in [5, 5.41) is 0.370. The fourth-order valence-electron chi connectivity index (χ4n) is 3.36. The van der Waals surface area contributed by atoms with E-state index in [2.05, 4.69) is 11.9 Å². The zero-order valence-corrected chi connectivity index (χ0v) is 18.4. The molecule has 0 bridgehead atoms. The topological polar surface area (TPSA) is 53.1 Å². The van der Waals surface area contributed by atoms with Gasteiger partial charge in [-0.3, -0.25) is 9.69 Å². The smallest absolute Gasteiger partial charge is 0.412 e. The van der Waals surface area contributed by atoms with Gasteiger partial charge >= 0.3 is 6.09 Å². The normalized spacial score (nSPS) is 23.8. The number of benzene rings is 1. The van der Waals surface area contributed by atoms with Crippen LogP contribution < -0.4 is 0 Å². The van der Waals surface area contributed by atoms with Gasteiger partial charge in [0.1, 0.15) is 17.0 Å². The Kier molecular flexibility index (Phi) is 6.47. The highest BCUT2D eigenvalue weighted by molar-refractivity contribution is 7.99. The lowest BCUT2D eigenvalue weighted by Crippen LogP contribution is -2.55. The van der Waals surface area contributed by atoms with Crippen LogP contribution in [0.4, 0.5) is 4.79 Å². The number of carbonyl (C=O) groups excluding carboxylic acids is 2. The minimum Gasteiger partial charge on any atom is -0.444 e. The number of hydrogen-bond acceptors (Lipinski definition) is 5. The summed E-state index contributed by atoms with van der Waals surface area (Å²) < 4.78 is 5.65. The van der Waals surface area contributed by atoms with Crippen LogP contribution in [-0.2, 0) is 9.53 Å². The molecule has 154 valence electrons. The summed E-state index contributed by atoms with van der Waals surface area (Å²) in [6.45, 7) is 8.57. The maximum Gasteiger partial charge on any atom is 0.412 e. The average molecular weight is 426 g/mol. The van der Waals surface area contributed by atoms with Gasteiger partial charge in [-0.2, -0.15) is 0 Å². The first kappa shape index (κ1) is 21.3. The molecule has 8 heteroatoms. The number of piperazine rings is 1. The Bertz CT molecular complexity index is 714. The van der Waals surface area contributed by atoms with Gasteiger partial charge < -0.3 is 14.5 Å². The standard InChI is InChI=1S/C20H28ClN3O3S/c1-20(2,3)27-19(26)24-16(17(25)23-11-9-22(4)10-12-23)13-28-18(24)14-5-7-15(21)8-6-14/h5-8,16,18H,9-13H2,1-4H3/t16-,18-/m0/s1. The van der Waals surface area contributed by atoms with Crippen LogP contribution in [0.1, 0.15) is 31.7 Å². The molecule has 0 spiro atoms. The van der Waals surface area contributed by atoms with Crippen LogP contribution in [0.3, 0.4) is 0 Å². The maximum absolute atomic E-state index is 13.2. The molecule has 28 heavy (non-hydrogen) atoms. The summed E-state index contributed by atoms with van der Waals surface area (Å²) in [6, 6.07) is 6.89. The molecule has 0 unspecified atom stereocenters. The van der Waals surface area contributed by atoms with Crippen molar-refractivity contribution in [3.63, 3.8) is 0 Å². The largest absolute Gasteiger partial charge is 0.444 e. The number of ether oxygens (including phenoxy) is 1. The Morgan fingerprint density at radius 3 is 2.29 bits per heavy atom. The molecule has 2 aliphatic rings. The number of amides is 2. The molecule has 0 N–H and O–H groups in total. The number of nitrogens with zero attached hydrogens (tertiary/aromatic N) is 3. The molecule has 1 aromatic rings. The fourth-order valence-corrected chi connectivity index (χ4v) is 4.89. The van der Waals surface area contributed by atoms with Crippen LogP contribution >= 0.6 is 23.4 Å². The maximum atomic E-state index is 13.2. The SMILES string of the molecule is CN1CCN(C(=O)[C@@H]2CS[C@@H](c3ccc(Cl)cc3)N2C(=O)OC(C)(C)C)CC1. The van der Waals surface area contributed by atoms with Crippen LogP contribution in [0, 0.1) is 0 Å². The van der Waals surface area contributed by atoms with Gasteiger partial charge in [-0.25, -0.2) is 4.79 Å². The van der Waals surface area contributed by atoms with Gasteiger partial charge in [0.25, 0.3) is 0 Å². The predicted octanol–water partition coefficient (Wildman–Crippen LogP) is 3.47. The lowest BCUT2D eigenvalue weighted by Gasteiger charge is -2.37. The minimum atomic E-state index is -0.629. The van der Waals surface area contributed by atoms with Crippen molar-refractivity contribution in [3.05, 3.63) is 34.9 Å². The molecule has 2 saturated heterocycles. The molecule has 2 amide bonds. The predicted molar refractivity (Wildman–Crippen MR) is 113 cm³/mol. The third kappa shape index (κ3) is 4.93. The van der Waals surface area contributed by atoms with Crippen LogP contribution in [0.2, 0.25) is 5.02 Å². The van der Waals surface area contributed by atoms with E-state index >= 15 is 0 Å². The van der Waals surface area contributed by atoms with Gasteiger partial charge in [0.05, 0.1) is 0 Å². The second-order valence-electron chi connectivity index (χ2n) is 8.27. The molecule has 0 aliphatic carbocycles. The van der Waals surface area contributed by atoms with E-state index in [0.717, 1.165) is 18.7 Å². The van der Waals surface area contributed by atoms with Gasteiger partial charge in [0.2, 0.25) is 5.91 Å². The molecule has 2 fully saturated rings. The molecule has 0 radical (unpaired) electrons. The third-order valence-corrected chi connectivity index (χ3v) is 6.44. The zero-order valence-electron chi connectivity index (χ0n) is 16.9. The van der Waals surface area contributed by atoms with Crippen molar-refractivity contribution < 1.29 is 14.3 Å². The first-order valence-corrected chi connectivity index (χ1v) is 10.9. The van der Waals surface area contributed by atoms with Crippen molar-refractivity contribution >= 4 is 35.4 Å². The van der Waals surface area contributed by atoms with Crippen molar-refractivity contribution in [2.24, 2.45) is 0 Å². The molecule has 2 aliphatic heterocycles. The van der Waals surface area contributed by atoms with Crippen molar-refractivity contribution in [3.8, 4) is 0 Å². The van der Waals surface area contributed by atoms with E-state index in [9.17, 15) is 9.59 Å². The van der Waals surface area contributed by atoms with E-state index < -0.39 is 17.7 Å². The highest BCUT2D eigenvalue weighted by atomic mass is 35.5. The van der Waals surface area contributed by atoms with E-state index in [1.807, 2.05) is 37.8 Å². The first-order valence-electron chi connectivity index (χ1n) is 9.51. The molecule has 0 saturated carbocycles. The van der Waals surface area contributed by atoms with Gasteiger partial charge in [0.15, 0.2) is 0 Å². The van der Waals surface area contributed by atoms with E-state index in [-0.39, 0.29) is 11.3 Å². The summed E-state index contributed by atoms with van der Waals surface area (Å²) in [7, 11) is 2.05. The summed E-state index contributed by atoms with van der Waals surface area (Å²) in [6.07, 6.45) is -0.454. The van der Waals surface area contributed by atoms with E-state index in [1.54, 1.807) is 28.8 Å². The van der Waals surface area contributed by atoms with Crippen LogP contribution in [0.15, 0.2) is 24.3 Å². The highest BCUT2D eigenvalue weighted by Crippen LogP contribution is 2.43. The summed E-state index contributed by atoms with van der Waals surface area (Å²) in [5.74, 6) is 0.556. The molecule has 2 heterocycles. The Balaban J connectivity index is 1.84. The van der Waals surface area contributed by atoms with Crippen molar-refractivity contribution in [2.45, 2.75) is 37.8 Å². The minimum absolute atomic E-state index is 0.00271. The van der Waals surface area contributed by atoms with Gasteiger partial charge in [-0.1, -0.05) is 23.7 Å². The average Bonchev–Trinajstić information content (AvgIpc) is 3.06. The van der Waals surface area contributed by atoms with Crippen LogP contribution in [0.25, 0.3) is 0 Å².